The SMILES string of the molecule is Cc1nc(Cn2cc(C(=O)N3CCC4(CC3)OC(=O)c3cc(F)ccc34)c3ccc(Cl)cc32)c(C)o1. The topological polar surface area (TPSA) is 77.6 Å². The first-order valence-electron chi connectivity index (χ1n) is 11.8. The number of benzene rings is 2. The van der Waals surface area contributed by atoms with Crippen molar-refractivity contribution in [1.29, 1.82) is 0 Å². The summed E-state index contributed by atoms with van der Waals surface area (Å²) in [6, 6.07) is 9.67. The van der Waals surface area contributed by atoms with Gasteiger partial charge in [0.05, 0.1) is 23.2 Å². The highest BCUT2D eigenvalue weighted by Crippen LogP contribution is 2.44. The number of aromatic nitrogens is 2. The summed E-state index contributed by atoms with van der Waals surface area (Å²) < 4.78 is 27.0. The van der Waals surface area contributed by atoms with Gasteiger partial charge in [-0.05, 0) is 31.2 Å². The lowest BCUT2D eigenvalue weighted by Crippen LogP contribution is -2.45. The van der Waals surface area contributed by atoms with Crippen LogP contribution < -0.4 is 0 Å². The van der Waals surface area contributed by atoms with Crippen LogP contribution in [-0.4, -0.2) is 39.4 Å². The molecule has 36 heavy (non-hydrogen) atoms. The molecule has 0 saturated carbocycles. The second-order valence-corrected chi connectivity index (χ2v) is 9.87. The first kappa shape index (κ1) is 22.8. The van der Waals surface area contributed by atoms with E-state index in [0.29, 0.717) is 54.5 Å². The van der Waals surface area contributed by atoms with Crippen molar-refractivity contribution in [3.05, 3.63) is 87.5 Å². The van der Waals surface area contributed by atoms with Crippen molar-refractivity contribution in [1.82, 2.24) is 14.5 Å². The van der Waals surface area contributed by atoms with Crippen molar-refractivity contribution in [2.75, 3.05) is 13.1 Å². The Morgan fingerprint density at radius 2 is 1.94 bits per heavy atom. The van der Waals surface area contributed by atoms with Crippen LogP contribution in [0.15, 0.2) is 47.0 Å². The molecular formula is C27H23ClFN3O4. The van der Waals surface area contributed by atoms with Crippen LogP contribution in [0.4, 0.5) is 4.39 Å². The third-order valence-corrected chi connectivity index (χ3v) is 7.47. The van der Waals surface area contributed by atoms with E-state index in [-0.39, 0.29) is 11.5 Å². The van der Waals surface area contributed by atoms with Gasteiger partial charge in [-0.25, -0.2) is 14.2 Å². The number of rotatable bonds is 3. The molecule has 1 fully saturated rings. The van der Waals surface area contributed by atoms with Crippen LogP contribution >= 0.6 is 11.6 Å². The molecule has 0 atom stereocenters. The molecule has 0 N–H and O–H groups in total. The Hall–Kier alpha value is -3.65. The number of fused-ring (bicyclic) bond motifs is 3. The Bertz CT molecular complexity index is 1550. The maximum absolute atomic E-state index is 13.7. The number of hydrogen-bond acceptors (Lipinski definition) is 5. The van der Waals surface area contributed by atoms with Gasteiger partial charge in [0.25, 0.3) is 5.91 Å². The number of piperidine rings is 1. The number of amides is 1. The molecule has 7 nitrogen and oxygen atoms in total. The highest BCUT2D eigenvalue weighted by Gasteiger charge is 2.48. The molecule has 0 radical (unpaired) electrons. The minimum Gasteiger partial charge on any atom is -0.450 e. The number of oxazole rings is 1. The summed E-state index contributed by atoms with van der Waals surface area (Å²) in [4.78, 5) is 32.3. The van der Waals surface area contributed by atoms with Crippen LogP contribution in [0.25, 0.3) is 10.9 Å². The molecule has 0 bridgehead atoms. The number of carbonyl (C=O) groups excluding carboxylic acids is 2. The number of ether oxygens (including phenoxy) is 1. The predicted octanol–water partition coefficient (Wildman–Crippen LogP) is 5.39. The smallest absolute Gasteiger partial charge is 0.339 e. The minimum absolute atomic E-state index is 0.104. The summed E-state index contributed by atoms with van der Waals surface area (Å²) in [5.41, 5.74) is 2.35. The number of halogens is 2. The molecule has 0 aliphatic carbocycles. The monoisotopic (exact) mass is 507 g/mol. The van der Waals surface area contributed by atoms with Crippen molar-refractivity contribution >= 4 is 34.4 Å². The zero-order chi connectivity index (χ0) is 25.2. The molecule has 9 heteroatoms. The highest BCUT2D eigenvalue weighted by atomic mass is 35.5. The molecule has 2 aromatic carbocycles. The molecule has 1 saturated heterocycles. The number of nitrogens with zero attached hydrogens (tertiary/aromatic N) is 3. The average molecular weight is 508 g/mol. The van der Waals surface area contributed by atoms with Crippen molar-refractivity contribution in [3.63, 3.8) is 0 Å². The van der Waals surface area contributed by atoms with E-state index in [0.717, 1.165) is 22.4 Å². The molecule has 1 amide bonds. The Labute approximate surface area is 211 Å². The van der Waals surface area contributed by atoms with Crippen LogP contribution in [0, 0.1) is 19.7 Å². The number of aryl methyl sites for hydroxylation is 2. The molecule has 2 aliphatic rings. The first-order valence-corrected chi connectivity index (χ1v) is 12.2. The second-order valence-electron chi connectivity index (χ2n) is 9.43. The predicted molar refractivity (Wildman–Crippen MR) is 131 cm³/mol. The van der Waals surface area contributed by atoms with Gasteiger partial charge in [-0.2, -0.15) is 0 Å². The van der Waals surface area contributed by atoms with Gasteiger partial charge < -0.3 is 18.6 Å². The van der Waals surface area contributed by atoms with Gasteiger partial charge in [-0.1, -0.05) is 23.7 Å². The Morgan fingerprint density at radius 3 is 2.67 bits per heavy atom. The summed E-state index contributed by atoms with van der Waals surface area (Å²) in [7, 11) is 0. The van der Waals surface area contributed by atoms with Gasteiger partial charge in [0.2, 0.25) is 0 Å². The third kappa shape index (κ3) is 3.59. The number of carbonyl (C=O) groups is 2. The quantitative estimate of drug-likeness (QED) is 0.347. The lowest BCUT2D eigenvalue weighted by atomic mass is 9.83. The van der Waals surface area contributed by atoms with Gasteiger partial charge in [-0.15, -0.1) is 0 Å². The Kier molecular flexibility index (Phi) is 5.19. The lowest BCUT2D eigenvalue weighted by molar-refractivity contribution is -0.0389. The van der Waals surface area contributed by atoms with Crippen LogP contribution in [0.5, 0.6) is 0 Å². The molecule has 4 aromatic rings. The maximum atomic E-state index is 13.7. The van der Waals surface area contributed by atoms with Crippen molar-refractivity contribution < 1.29 is 23.1 Å². The number of hydrogen-bond donors (Lipinski definition) is 0. The highest BCUT2D eigenvalue weighted by molar-refractivity contribution is 6.31. The fourth-order valence-electron chi connectivity index (χ4n) is 5.43. The molecule has 1 spiro atoms. The lowest BCUT2D eigenvalue weighted by Gasteiger charge is -2.38. The number of likely N-dealkylation sites (tertiary alicyclic amines) is 1. The summed E-state index contributed by atoms with van der Waals surface area (Å²) >= 11 is 6.29. The van der Waals surface area contributed by atoms with Crippen LogP contribution in [0.1, 0.15) is 56.5 Å². The molecule has 4 heterocycles. The van der Waals surface area contributed by atoms with Crippen molar-refractivity contribution in [3.8, 4) is 0 Å². The summed E-state index contributed by atoms with van der Waals surface area (Å²) in [5, 5.41) is 1.38. The second kappa shape index (κ2) is 8.20. The fourth-order valence-corrected chi connectivity index (χ4v) is 5.60. The van der Waals surface area contributed by atoms with E-state index in [1.807, 2.05) is 29.8 Å². The van der Waals surface area contributed by atoms with E-state index in [1.54, 1.807) is 24.0 Å². The van der Waals surface area contributed by atoms with Crippen LogP contribution in [-0.2, 0) is 16.9 Å². The summed E-state index contributed by atoms with van der Waals surface area (Å²) in [6.45, 7) is 4.93. The minimum atomic E-state index is -0.819. The zero-order valence-corrected chi connectivity index (χ0v) is 20.6. The van der Waals surface area contributed by atoms with Gasteiger partial charge in [0, 0.05) is 55.0 Å². The fraction of sp³-hybridized carbons (Fsp3) is 0.296. The molecule has 184 valence electrons. The molecule has 2 aromatic heterocycles. The Morgan fingerprint density at radius 1 is 1.17 bits per heavy atom. The van der Waals surface area contributed by atoms with Crippen LogP contribution in [0.3, 0.4) is 0 Å². The molecule has 2 aliphatic heterocycles. The molecule has 6 rings (SSSR count). The normalized spacial score (nSPS) is 16.6. The standard InChI is InChI=1S/C27H23ClFN3O4/c1-15-23(30-16(2)35-15)14-32-13-21(19-5-3-17(28)11-24(19)32)25(33)31-9-7-27(8-10-31)22-6-4-18(29)12-20(22)26(34)36-27/h3-6,11-13H,7-10,14H2,1-2H3. The zero-order valence-electron chi connectivity index (χ0n) is 19.8. The third-order valence-electron chi connectivity index (χ3n) is 7.23. The van der Waals surface area contributed by atoms with E-state index in [2.05, 4.69) is 4.98 Å². The van der Waals surface area contributed by atoms with E-state index in [9.17, 15) is 14.0 Å². The van der Waals surface area contributed by atoms with E-state index >= 15 is 0 Å². The number of esters is 1. The van der Waals surface area contributed by atoms with Gasteiger partial charge >= 0.3 is 5.97 Å². The van der Waals surface area contributed by atoms with Crippen molar-refractivity contribution in [2.45, 2.75) is 38.8 Å². The summed E-state index contributed by atoms with van der Waals surface area (Å²) in [6.07, 6.45) is 2.74. The van der Waals surface area contributed by atoms with Crippen LogP contribution in [0.2, 0.25) is 5.02 Å². The van der Waals surface area contributed by atoms with E-state index in [4.69, 9.17) is 20.8 Å². The molecular weight excluding hydrogens is 485 g/mol. The average Bonchev–Trinajstić information content (AvgIpc) is 3.45. The Balaban J connectivity index is 1.29. The summed E-state index contributed by atoms with van der Waals surface area (Å²) in [5.74, 6) is 0.238. The van der Waals surface area contributed by atoms with Gasteiger partial charge in [0.1, 0.15) is 22.9 Å². The maximum Gasteiger partial charge on any atom is 0.339 e. The van der Waals surface area contributed by atoms with E-state index in [1.165, 1.54) is 12.1 Å². The largest absolute Gasteiger partial charge is 0.450 e. The molecule has 0 unspecified atom stereocenters. The van der Waals surface area contributed by atoms with Gasteiger partial charge in [0.15, 0.2) is 5.89 Å². The van der Waals surface area contributed by atoms with Crippen molar-refractivity contribution in [2.24, 2.45) is 0 Å². The van der Waals surface area contributed by atoms with E-state index < -0.39 is 17.4 Å². The van der Waals surface area contributed by atoms with Gasteiger partial charge in [-0.3, -0.25) is 4.79 Å². The first-order chi connectivity index (χ1) is 17.2.